The third kappa shape index (κ3) is 3.47. The van der Waals surface area contributed by atoms with Crippen molar-refractivity contribution in [1.29, 1.82) is 0 Å². The average molecular weight is 506 g/mol. The highest BCUT2D eigenvalue weighted by molar-refractivity contribution is 7.19. The lowest BCUT2D eigenvalue weighted by Crippen LogP contribution is -2.47. The van der Waals surface area contributed by atoms with Gasteiger partial charge in [0, 0.05) is 29.3 Å². The third-order valence-corrected chi connectivity index (χ3v) is 10.7. The summed E-state index contributed by atoms with van der Waals surface area (Å²) in [6, 6.07) is 0.429. The Bertz CT molecular complexity index is 1420. The Morgan fingerprint density at radius 1 is 0.943 bits per heavy atom. The molecule has 4 aromatic heterocycles. The van der Waals surface area contributed by atoms with Gasteiger partial charge in [0.1, 0.15) is 22.4 Å². The van der Waals surface area contributed by atoms with Crippen molar-refractivity contribution in [3.8, 4) is 0 Å². The zero-order valence-electron chi connectivity index (χ0n) is 20.7. The third-order valence-electron chi connectivity index (χ3n) is 8.35. The Balaban J connectivity index is 1.32. The Labute approximate surface area is 214 Å². The molecule has 0 aromatic carbocycles. The second-order valence-corrected chi connectivity index (χ2v) is 12.5. The van der Waals surface area contributed by atoms with Crippen LogP contribution in [0.15, 0.2) is 12.7 Å². The van der Waals surface area contributed by atoms with Crippen LogP contribution in [0.4, 0.5) is 11.6 Å². The number of anilines is 2. The van der Waals surface area contributed by atoms with Crippen LogP contribution in [-0.2, 0) is 25.7 Å². The largest absolute Gasteiger partial charge is 0.356 e. The van der Waals surface area contributed by atoms with Crippen LogP contribution >= 0.6 is 22.7 Å². The molecule has 0 spiro atoms. The fraction of sp³-hybridized carbons (Fsp3) is 0.556. The van der Waals surface area contributed by atoms with Gasteiger partial charge < -0.3 is 4.90 Å². The summed E-state index contributed by atoms with van der Waals surface area (Å²) >= 11 is 3.83. The summed E-state index contributed by atoms with van der Waals surface area (Å²) in [5.41, 5.74) is 3.09. The second-order valence-electron chi connectivity index (χ2n) is 10.4. The molecular formula is C27H33N6S2+. The lowest BCUT2D eigenvalue weighted by atomic mass is 9.92. The van der Waals surface area contributed by atoms with Crippen molar-refractivity contribution in [1.82, 2.24) is 15.0 Å². The van der Waals surface area contributed by atoms with Crippen LogP contribution < -0.4 is 14.4 Å². The van der Waals surface area contributed by atoms with Gasteiger partial charge in [-0.15, -0.1) is 22.7 Å². The van der Waals surface area contributed by atoms with Gasteiger partial charge in [-0.1, -0.05) is 4.98 Å². The number of thiophene rings is 2. The Morgan fingerprint density at radius 3 is 2.57 bits per heavy atom. The van der Waals surface area contributed by atoms with E-state index in [1.807, 2.05) is 22.7 Å². The highest BCUT2D eigenvalue weighted by Gasteiger charge is 2.34. The smallest absolute Gasteiger partial charge is 0.235 e. The molecular weight excluding hydrogens is 472 g/mol. The lowest BCUT2D eigenvalue weighted by Gasteiger charge is -2.26. The summed E-state index contributed by atoms with van der Waals surface area (Å²) in [4.78, 5) is 24.9. The van der Waals surface area contributed by atoms with Crippen molar-refractivity contribution in [2.75, 3.05) is 36.5 Å². The van der Waals surface area contributed by atoms with E-state index in [0.29, 0.717) is 6.04 Å². The molecule has 0 N–H and O–H groups in total. The fourth-order valence-electron chi connectivity index (χ4n) is 6.46. The Kier molecular flexibility index (Phi) is 5.42. The molecule has 3 aliphatic rings. The second kappa shape index (κ2) is 8.66. The molecule has 0 radical (unpaired) electrons. The molecule has 5 heterocycles. The molecule has 6 nitrogen and oxygen atoms in total. The van der Waals surface area contributed by atoms with E-state index in [2.05, 4.69) is 34.7 Å². The van der Waals surface area contributed by atoms with Gasteiger partial charge >= 0.3 is 0 Å². The maximum Gasteiger partial charge on any atom is 0.235 e. The van der Waals surface area contributed by atoms with Crippen molar-refractivity contribution in [3.05, 3.63) is 33.5 Å². The normalized spacial score (nSPS) is 19.9. The zero-order valence-corrected chi connectivity index (χ0v) is 22.4. The summed E-state index contributed by atoms with van der Waals surface area (Å²) in [5, 5.41) is 2.77. The fourth-order valence-corrected chi connectivity index (χ4v) is 8.94. The first-order chi connectivity index (χ1) is 17.2. The van der Waals surface area contributed by atoms with Crippen LogP contribution in [0.5, 0.6) is 0 Å². The van der Waals surface area contributed by atoms with Crippen LogP contribution in [0.3, 0.4) is 0 Å². The number of hydrogen-bond donors (Lipinski definition) is 0. The van der Waals surface area contributed by atoms with E-state index >= 15 is 0 Å². The summed E-state index contributed by atoms with van der Waals surface area (Å²) in [6.07, 6.45) is 14.8. The van der Waals surface area contributed by atoms with Crippen LogP contribution in [0.1, 0.15) is 66.0 Å². The SMILES string of the molecule is CCN(C)c1c2c3c(sc2nc[n+]1C1CCc2c(sc4ncnc(N5CCCC5)c24)C1)CCCC3. The number of rotatable bonds is 4. The molecule has 1 atom stereocenters. The molecule has 4 aromatic rings. The van der Waals surface area contributed by atoms with E-state index in [1.54, 1.807) is 16.8 Å². The number of fused-ring (bicyclic) bond motifs is 6. The van der Waals surface area contributed by atoms with E-state index in [-0.39, 0.29) is 0 Å². The molecule has 0 bridgehead atoms. The predicted octanol–water partition coefficient (Wildman–Crippen LogP) is 5.25. The first-order valence-corrected chi connectivity index (χ1v) is 14.9. The molecule has 1 unspecified atom stereocenters. The first-order valence-electron chi connectivity index (χ1n) is 13.3. The van der Waals surface area contributed by atoms with Crippen molar-refractivity contribution >= 4 is 54.7 Å². The van der Waals surface area contributed by atoms with Crippen molar-refractivity contribution in [2.24, 2.45) is 0 Å². The number of aromatic nitrogens is 4. The quantitative estimate of drug-likeness (QED) is 0.355. The van der Waals surface area contributed by atoms with E-state index < -0.39 is 0 Å². The van der Waals surface area contributed by atoms with Crippen LogP contribution in [0.25, 0.3) is 20.4 Å². The molecule has 2 aliphatic carbocycles. The first kappa shape index (κ1) is 21.9. The van der Waals surface area contributed by atoms with Crippen LogP contribution in [-0.4, -0.2) is 41.6 Å². The van der Waals surface area contributed by atoms with Gasteiger partial charge in [-0.05, 0) is 69.4 Å². The van der Waals surface area contributed by atoms with Gasteiger partial charge in [0.15, 0.2) is 0 Å². The van der Waals surface area contributed by atoms with E-state index in [1.165, 1.54) is 81.0 Å². The number of nitrogens with zero attached hydrogens (tertiary/aromatic N) is 6. The van der Waals surface area contributed by atoms with Crippen molar-refractivity contribution in [2.45, 2.75) is 70.8 Å². The monoisotopic (exact) mass is 505 g/mol. The van der Waals surface area contributed by atoms with Gasteiger partial charge in [-0.2, -0.15) is 0 Å². The standard InChI is InChI=1S/C27H33N6S2/c1-3-31(2)27-23-18-8-4-5-9-20(18)34-26(23)30-16-33(27)17-10-11-19-21(14-17)35-25-22(19)24(28-15-29-25)32-12-6-7-13-32/h15-17H,3-14H2,1-2H3/q+1. The molecule has 0 amide bonds. The van der Waals surface area contributed by atoms with Crippen LogP contribution in [0.2, 0.25) is 0 Å². The number of hydrogen-bond acceptors (Lipinski definition) is 7. The average Bonchev–Trinajstić information content (AvgIpc) is 3.64. The summed E-state index contributed by atoms with van der Waals surface area (Å²) in [5.74, 6) is 2.56. The minimum atomic E-state index is 0.429. The van der Waals surface area contributed by atoms with Gasteiger partial charge in [-0.3, -0.25) is 4.90 Å². The minimum Gasteiger partial charge on any atom is -0.356 e. The molecule has 1 saturated heterocycles. The van der Waals surface area contributed by atoms with E-state index in [4.69, 9.17) is 15.0 Å². The van der Waals surface area contributed by atoms with Gasteiger partial charge in [0.25, 0.3) is 0 Å². The van der Waals surface area contributed by atoms with Crippen molar-refractivity contribution in [3.63, 3.8) is 0 Å². The van der Waals surface area contributed by atoms with Crippen molar-refractivity contribution < 1.29 is 4.57 Å². The summed E-state index contributed by atoms with van der Waals surface area (Å²) in [6.45, 7) is 5.51. The van der Waals surface area contributed by atoms with E-state index in [9.17, 15) is 0 Å². The number of aryl methyl sites for hydroxylation is 3. The molecule has 35 heavy (non-hydrogen) atoms. The predicted molar refractivity (Wildman–Crippen MR) is 145 cm³/mol. The van der Waals surface area contributed by atoms with Gasteiger partial charge in [-0.25, -0.2) is 14.5 Å². The molecule has 1 aliphatic heterocycles. The molecule has 7 rings (SSSR count). The minimum absolute atomic E-state index is 0.429. The van der Waals surface area contributed by atoms with Gasteiger partial charge in [0.2, 0.25) is 17.0 Å². The lowest BCUT2D eigenvalue weighted by molar-refractivity contribution is -0.713. The summed E-state index contributed by atoms with van der Waals surface area (Å²) < 4.78 is 2.52. The zero-order chi connectivity index (χ0) is 23.5. The highest BCUT2D eigenvalue weighted by atomic mass is 32.1. The Hall–Kier alpha value is -2.32. The molecule has 182 valence electrons. The topological polar surface area (TPSA) is 49.0 Å². The van der Waals surface area contributed by atoms with Gasteiger partial charge in [0.05, 0.1) is 25.0 Å². The molecule has 0 saturated carbocycles. The molecule has 1 fully saturated rings. The Morgan fingerprint density at radius 2 is 1.71 bits per heavy atom. The molecule has 8 heteroatoms. The maximum atomic E-state index is 5.03. The van der Waals surface area contributed by atoms with Crippen LogP contribution in [0, 0.1) is 0 Å². The highest BCUT2D eigenvalue weighted by Crippen LogP contribution is 2.43. The van der Waals surface area contributed by atoms with E-state index in [0.717, 1.165) is 38.9 Å². The summed E-state index contributed by atoms with van der Waals surface area (Å²) in [7, 11) is 2.25. The maximum absolute atomic E-state index is 5.03.